The van der Waals surface area contributed by atoms with Crippen LogP contribution in [0.4, 0.5) is 9.18 Å². The zero-order chi connectivity index (χ0) is 19.6. The summed E-state index contributed by atoms with van der Waals surface area (Å²) in [4.78, 5) is 28.0. The summed E-state index contributed by atoms with van der Waals surface area (Å²) in [6, 6.07) is 5.27. The fraction of sp³-hybridized carbons (Fsp3) is 0.600. The number of halogens is 1. The Labute approximate surface area is 158 Å². The number of carbonyl (C=O) groups excluding carboxylic acids is 2. The summed E-state index contributed by atoms with van der Waals surface area (Å²) in [5.41, 5.74) is -0.167. The molecule has 0 unspecified atom stereocenters. The minimum Gasteiger partial charge on any atom is -0.441 e. The van der Waals surface area contributed by atoms with Crippen LogP contribution in [-0.2, 0) is 9.53 Å². The summed E-state index contributed by atoms with van der Waals surface area (Å²) < 4.78 is 18.7. The number of aliphatic hydroxyl groups excluding tert-OH is 1. The van der Waals surface area contributed by atoms with Gasteiger partial charge in [0.2, 0.25) is 0 Å². The number of aliphatic hydroxyl groups is 1. The molecule has 0 aromatic heterocycles. The molecule has 27 heavy (non-hydrogen) atoms. The molecule has 148 valence electrons. The third-order valence-corrected chi connectivity index (χ3v) is 5.42. The highest BCUT2D eigenvalue weighted by Gasteiger charge is 2.47. The molecule has 2 aliphatic heterocycles. The molecule has 6 nitrogen and oxygen atoms in total. The molecule has 1 atom stereocenters. The Morgan fingerprint density at radius 1 is 1.26 bits per heavy atom. The Balaban J connectivity index is 1.56. The van der Waals surface area contributed by atoms with Crippen LogP contribution in [0.3, 0.4) is 0 Å². The van der Waals surface area contributed by atoms with Crippen LogP contribution in [-0.4, -0.2) is 58.7 Å². The maximum atomic E-state index is 13.0. The van der Waals surface area contributed by atoms with Gasteiger partial charge in [-0.1, -0.05) is 26.0 Å². The van der Waals surface area contributed by atoms with Crippen molar-refractivity contribution in [3.63, 3.8) is 0 Å². The van der Waals surface area contributed by atoms with E-state index in [1.807, 2.05) is 0 Å². The van der Waals surface area contributed by atoms with Crippen LogP contribution in [0, 0.1) is 11.7 Å². The molecule has 1 aromatic carbocycles. The third-order valence-electron chi connectivity index (χ3n) is 5.42. The van der Waals surface area contributed by atoms with Crippen molar-refractivity contribution in [1.82, 2.24) is 9.80 Å². The van der Waals surface area contributed by atoms with E-state index in [0.717, 1.165) is 6.42 Å². The van der Waals surface area contributed by atoms with E-state index < -0.39 is 23.4 Å². The molecule has 1 aromatic rings. The van der Waals surface area contributed by atoms with E-state index in [2.05, 4.69) is 13.8 Å². The lowest BCUT2D eigenvalue weighted by Crippen LogP contribution is -2.49. The summed E-state index contributed by atoms with van der Waals surface area (Å²) in [5.74, 6) is -0.303. The lowest BCUT2D eigenvalue weighted by molar-refractivity contribution is -0.144. The number of ether oxygens (including phenoxy) is 1. The summed E-state index contributed by atoms with van der Waals surface area (Å²) in [7, 11) is 0. The Hall–Kier alpha value is -2.15. The van der Waals surface area contributed by atoms with Gasteiger partial charge < -0.3 is 19.6 Å². The molecule has 1 N–H and O–H groups in total. The van der Waals surface area contributed by atoms with Crippen molar-refractivity contribution in [2.45, 2.75) is 44.8 Å². The van der Waals surface area contributed by atoms with Crippen LogP contribution >= 0.6 is 0 Å². The molecule has 2 aliphatic rings. The number of hydrogen-bond donors (Lipinski definition) is 1. The highest BCUT2D eigenvalue weighted by Crippen LogP contribution is 2.34. The molecular formula is C20H27FN2O4. The molecular weight excluding hydrogens is 351 g/mol. The van der Waals surface area contributed by atoms with Crippen molar-refractivity contribution in [1.29, 1.82) is 0 Å². The van der Waals surface area contributed by atoms with Crippen LogP contribution in [0.5, 0.6) is 0 Å². The quantitative estimate of drug-likeness (QED) is 0.855. The first-order valence-electron chi connectivity index (χ1n) is 9.50. The Morgan fingerprint density at radius 3 is 2.48 bits per heavy atom. The standard InChI is InChI=1S/C20H27FN2O4/c1-14(2)7-10-23-13-20(27-19(23)26)8-11-22(12-9-20)18(25)17(24)15-3-5-16(21)6-4-15/h3-6,14,17,24H,7-13H2,1-2H3/t17-/m0/s1. The Morgan fingerprint density at radius 2 is 1.89 bits per heavy atom. The van der Waals surface area contributed by atoms with E-state index in [1.54, 1.807) is 9.80 Å². The number of benzene rings is 1. The van der Waals surface area contributed by atoms with Crippen LogP contribution in [0.15, 0.2) is 24.3 Å². The van der Waals surface area contributed by atoms with Gasteiger partial charge in [-0.2, -0.15) is 0 Å². The molecule has 0 aliphatic carbocycles. The van der Waals surface area contributed by atoms with Crippen molar-refractivity contribution in [2.24, 2.45) is 5.92 Å². The van der Waals surface area contributed by atoms with Crippen molar-refractivity contribution in [3.05, 3.63) is 35.6 Å². The number of amides is 2. The number of nitrogens with zero attached hydrogens (tertiary/aromatic N) is 2. The predicted octanol–water partition coefficient (Wildman–Crippen LogP) is 2.72. The van der Waals surface area contributed by atoms with Crippen molar-refractivity contribution < 1.29 is 23.8 Å². The maximum absolute atomic E-state index is 13.0. The van der Waals surface area contributed by atoms with Gasteiger partial charge in [-0.3, -0.25) is 4.79 Å². The highest BCUT2D eigenvalue weighted by atomic mass is 19.1. The second-order valence-corrected chi connectivity index (χ2v) is 7.93. The number of hydrogen-bond acceptors (Lipinski definition) is 4. The van der Waals surface area contributed by atoms with Crippen LogP contribution < -0.4 is 0 Å². The number of carbonyl (C=O) groups is 2. The normalized spacial score (nSPS) is 20.3. The Kier molecular flexibility index (Phi) is 5.69. The first-order valence-corrected chi connectivity index (χ1v) is 9.50. The fourth-order valence-electron chi connectivity index (χ4n) is 3.63. The van der Waals surface area contributed by atoms with Crippen molar-refractivity contribution in [3.8, 4) is 0 Å². The maximum Gasteiger partial charge on any atom is 0.410 e. The largest absolute Gasteiger partial charge is 0.441 e. The molecule has 0 bridgehead atoms. The number of piperidine rings is 1. The molecule has 0 radical (unpaired) electrons. The number of likely N-dealkylation sites (tertiary alicyclic amines) is 1. The van der Waals surface area contributed by atoms with E-state index in [1.165, 1.54) is 24.3 Å². The summed E-state index contributed by atoms with van der Waals surface area (Å²) in [5, 5.41) is 10.3. The minimum absolute atomic E-state index is 0.276. The van der Waals surface area contributed by atoms with Gasteiger partial charge in [0.15, 0.2) is 6.10 Å². The third kappa shape index (κ3) is 4.40. The average Bonchev–Trinajstić information content (AvgIpc) is 2.95. The first-order chi connectivity index (χ1) is 12.8. The summed E-state index contributed by atoms with van der Waals surface area (Å²) >= 11 is 0. The van der Waals surface area contributed by atoms with E-state index in [9.17, 15) is 19.1 Å². The van der Waals surface area contributed by atoms with Crippen LogP contribution in [0.2, 0.25) is 0 Å². The van der Waals surface area contributed by atoms with Gasteiger partial charge in [0.1, 0.15) is 11.4 Å². The predicted molar refractivity (Wildman–Crippen MR) is 97.4 cm³/mol. The van der Waals surface area contributed by atoms with Gasteiger partial charge in [-0.05, 0) is 30.0 Å². The molecule has 3 rings (SSSR count). The molecule has 2 heterocycles. The van der Waals surface area contributed by atoms with Gasteiger partial charge in [-0.25, -0.2) is 9.18 Å². The van der Waals surface area contributed by atoms with Gasteiger partial charge in [0.25, 0.3) is 5.91 Å². The Bertz CT molecular complexity index is 684. The highest BCUT2D eigenvalue weighted by molar-refractivity contribution is 5.82. The molecule has 1 spiro atoms. The minimum atomic E-state index is -1.31. The smallest absolute Gasteiger partial charge is 0.410 e. The second-order valence-electron chi connectivity index (χ2n) is 7.93. The molecule has 2 fully saturated rings. The van der Waals surface area contributed by atoms with Crippen molar-refractivity contribution >= 4 is 12.0 Å². The lowest BCUT2D eigenvalue weighted by Gasteiger charge is -2.38. The second kappa shape index (κ2) is 7.84. The van der Waals surface area contributed by atoms with Gasteiger partial charge in [0, 0.05) is 32.5 Å². The van der Waals surface area contributed by atoms with E-state index in [0.29, 0.717) is 50.5 Å². The van der Waals surface area contributed by atoms with E-state index >= 15 is 0 Å². The van der Waals surface area contributed by atoms with E-state index in [4.69, 9.17) is 4.74 Å². The summed E-state index contributed by atoms with van der Waals surface area (Å²) in [6.45, 7) is 6.32. The molecule has 2 amide bonds. The average molecular weight is 378 g/mol. The van der Waals surface area contributed by atoms with E-state index in [-0.39, 0.29) is 6.09 Å². The fourth-order valence-corrected chi connectivity index (χ4v) is 3.63. The zero-order valence-corrected chi connectivity index (χ0v) is 15.9. The molecule has 0 saturated carbocycles. The lowest BCUT2D eigenvalue weighted by atomic mass is 9.90. The molecule has 2 saturated heterocycles. The SMILES string of the molecule is CC(C)CCN1CC2(CCN(C(=O)[C@@H](O)c3ccc(F)cc3)CC2)OC1=O. The summed E-state index contributed by atoms with van der Waals surface area (Å²) in [6.07, 6.45) is 0.451. The van der Waals surface area contributed by atoms with Crippen molar-refractivity contribution in [2.75, 3.05) is 26.2 Å². The number of rotatable bonds is 5. The topological polar surface area (TPSA) is 70.1 Å². The first kappa shape index (κ1) is 19.6. The van der Waals surface area contributed by atoms with Gasteiger partial charge in [0.05, 0.1) is 6.54 Å². The van der Waals surface area contributed by atoms with Gasteiger partial charge in [-0.15, -0.1) is 0 Å². The zero-order valence-electron chi connectivity index (χ0n) is 15.9. The monoisotopic (exact) mass is 378 g/mol. The van der Waals surface area contributed by atoms with Crippen LogP contribution in [0.25, 0.3) is 0 Å². The van der Waals surface area contributed by atoms with Crippen LogP contribution in [0.1, 0.15) is 44.8 Å². The van der Waals surface area contributed by atoms with Gasteiger partial charge >= 0.3 is 6.09 Å². The molecule has 7 heteroatoms.